The van der Waals surface area contributed by atoms with Crippen LogP contribution in [0, 0.1) is 11.8 Å². The molecule has 1 aliphatic heterocycles. The SMILES string of the molecule is Cn1nccc1CN1C[C@H]2C[C@H](O)[C@@H](n3cccn3)C[C@H]2C1. The number of rotatable bonds is 3. The highest BCUT2D eigenvalue weighted by atomic mass is 16.3. The summed E-state index contributed by atoms with van der Waals surface area (Å²) in [4.78, 5) is 2.50. The van der Waals surface area contributed by atoms with Gasteiger partial charge in [-0.1, -0.05) is 0 Å². The zero-order valence-electron chi connectivity index (χ0n) is 12.9. The molecule has 2 aromatic heterocycles. The molecule has 2 aromatic rings. The number of nitrogens with zero attached hydrogens (tertiary/aromatic N) is 5. The van der Waals surface area contributed by atoms with Gasteiger partial charge in [0.1, 0.15) is 0 Å². The quantitative estimate of drug-likeness (QED) is 0.921. The molecule has 4 atom stereocenters. The molecule has 22 heavy (non-hydrogen) atoms. The lowest BCUT2D eigenvalue weighted by atomic mass is 9.77. The monoisotopic (exact) mass is 301 g/mol. The summed E-state index contributed by atoms with van der Waals surface area (Å²) >= 11 is 0. The highest BCUT2D eigenvalue weighted by Gasteiger charge is 2.42. The van der Waals surface area contributed by atoms with Gasteiger partial charge in [-0.15, -0.1) is 0 Å². The van der Waals surface area contributed by atoms with Gasteiger partial charge in [-0.05, 0) is 36.8 Å². The van der Waals surface area contributed by atoms with E-state index >= 15 is 0 Å². The van der Waals surface area contributed by atoms with Crippen molar-refractivity contribution in [3.05, 3.63) is 36.4 Å². The number of hydrogen-bond donors (Lipinski definition) is 1. The first-order chi connectivity index (χ1) is 10.7. The Kier molecular flexibility index (Phi) is 3.50. The molecule has 2 aliphatic rings. The van der Waals surface area contributed by atoms with Crippen LogP contribution in [0.4, 0.5) is 0 Å². The fraction of sp³-hybridized carbons (Fsp3) is 0.625. The molecule has 0 aromatic carbocycles. The number of aromatic nitrogens is 4. The van der Waals surface area contributed by atoms with Gasteiger partial charge in [-0.3, -0.25) is 14.3 Å². The maximum absolute atomic E-state index is 10.5. The second-order valence-electron chi connectivity index (χ2n) is 6.75. The van der Waals surface area contributed by atoms with Crippen LogP contribution in [0.2, 0.25) is 0 Å². The van der Waals surface area contributed by atoms with Crippen LogP contribution in [0.1, 0.15) is 24.6 Å². The molecular weight excluding hydrogens is 278 g/mol. The molecule has 2 fully saturated rings. The molecular formula is C16H23N5O. The van der Waals surface area contributed by atoms with Crippen LogP contribution < -0.4 is 0 Å². The van der Waals surface area contributed by atoms with E-state index in [1.54, 1.807) is 6.20 Å². The number of fused-ring (bicyclic) bond motifs is 1. The van der Waals surface area contributed by atoms with Crippen LogP contribution in [-0.4, -0.2) is 48.8 Å². The summed E-state index contributed by atoms with van der Waals surface area (Å²) in [6.07, 6.45) is 7.25. The van der Waals surface area contributed by atoms with Gasteiger partial charge in [0, 0.05) is 45.3 Å². The molecule has 6 nitrogen and oxygen atoms in total. The number of hydrogen-bond acceptors (Lipinski definition) is 4. The summed E-state index contributed by atoms with van der Waals surface area (Å²) in [5.41, 5.74) is 1.25. The van der Waals surface area contributed by atoms with E-state index in [4.69, 9.17) is 0 Å². The zero-order chi connectivity index (χ0) is 15.1. The smallest absolute Gasteiger partial charge is 0.0781 e. The predicted molar refractivity (Wildman–Crippen MR) is 82.0 cm³/mol. The van der Waals surface area contributed by atoms with Crippen molar-refractivity contribution in [3.8, 4) is 0 Å². The van der Waals surface area contributed by atoms with Gasteiger partial charge in [0.2, 0.25) is 0 Å². The molecule has 118 valence electrons. The summed E-state index contributed by atoms with van der Waals surface area (Å²) < 4.78 is 3.88. The van der Waals surface area contributed by atoms with Crippen LogP contribution in [0.3, 0.4) is 0 Å². The fourth-order valence-corrected chi connectivity index (χ4v) is 4.18. The maximum Gasteiger partial charge on any atom is 0.0781 e. The molecule has 0 amide bonds. The minimum absolute atomic E-state index is 0.132. The Morgan fingerprint density at radius 3 is 2.68 bits per heavy atom. The van der Waals surface area contributed by atoms with E-state index in [2.05, 4.69) is 21.2 Å². The van der Waals surface area contributed by atoms with E-state index in [1.807, 2.05) is 34.9 Å². The Morgan fingerprint density at radius 1 is 1.18 bits per heavy atom. The second kappa shape index (κ2) is 5.52. The molecule has 0 unspecified atom stereocenters. The topological polar surface area (TPSA) is 59.1 Å². The third-order valence-electron chi connectivity index (χ3n) is 5.36. The maximum atomic E-state index is 10.5. The van der Waals surface area contributed by atoms with Crippen LogP contribution in [-0.2, 0) is 13.6 Å². The van der Waals surface area contributed by atoms with Gasteiger partial charge in [0.05, 0.1) is 17.8 Å². The van der Waals surface area contributed by atoms with E-state index in [0.29, 0.717) is 11.8 Å². The first kappa shape index (κ1) is 14.0. The number of aliphatic hydroxyl groups is 1. The summed E-state index contributed by atoms with van der Waals surface area (Å²) in [5.74, 6) is 1.26. The summed E-state index contributed by atoms with van der Waals surface area (Å²) in [5, 5.41) is 19.1. The molecule has 0 spiro atoms. The van der Waals surface area contributed by atoms with Crippen molar-refractivity contribution in [2.24, 2.45) is 18.9 Å². The van der Waals surface area contributed by atoms with Crippen molar-refractivity contribution in [2.75, 3.05) is 13.1 Å². The highest BCUT2D eigenvalue weighted by Crippen LogP contribution is 2.41. The Balaban J connectivity index is 1.44. The molecule has 1 saturated heterocycles. The number of aryl methyl sites for hydroxylation is 1. The molecule has 0 bridgehead atoms. The minimum Gasteiger partial charge on any atom is -0.391 e. The molecule has 6 heteroatoms. The Hall–Kier alpha value is -1.66. The van der Waals surface area contributed by atoms with E-state index < -0.39 is 0 Å². The normalized spacial score (nSPS) is 32.3. The van der Waals surface area contributed by atoms with Crippen molar-refractivity contribution in [1.82, 2.24) is 24.5 Å². The minimum atomic E-state index is -0.280. The van der Waals surface area contributed by atoms with Crippen LogP contribution in [0.5, 0.6) is 0 Å². The Bertz CT molecular complexity index is 622. The molecule has 1 aliphatic carbocycles. The van der Waals surface area contributed by atoms with Crippen LogP contribution >= 0.6 is 0 Å². The fourth-order valence-electron chi connectivity index (χ4n) is 4.18. The van der Waals surface area contributed by atoms with Gasteiger partial charge >= 0.3 is 0 Å². The highest BCUT2D eigenvalue weighted by molar-refractivity contribution is 5.02. The molecule has 3 heterocycles. The first-order valence-electron chi connectivity index (χ1n) is 8.07. The Labute approximate surface area is 130 Å². The molecule has 0 radical (unpaired) electrons. The van der Waals surface area contributed by atoms with Crippen molar-refractivity contribution in [3.63, 3.8) is 0 Å². The third-order valence-corrected chi connectivity index (χ3v) is 5.36. The summed E-state index contributed by atoms with van der Waals surface area (Å²) in [6.45, 7) is 3.14. The van der Waals surface area contributed by atoms with Crippen molar-refractivity contribution in [2.45, 2.75) is 31.5 Å². The standard InChI is InChI=1S/C16H23N5O/c1-19-14(3-5-17-19)11-20-9-12-7-15(21-6-2-4-18-21)16(22)8-13(12)10-20/h2-6,12-13,15-16,22H,7-11H2,1H3/t12-,13+,15-,16-/m0/s1. The zero-order valence-corrected chi connectivity index (χ0v) is 12.9. The van der Waals surface area contributed by atoms with Gasteiger partial charge in [0.15, 0.2) is 0 Å². The second-order valence-corrected chi connectivity index (χ2v) is 6.75. The molecule has 1 saturated carbocycles. The largest absolute Gasteiger partial charge is 0.391 e. The van der Waals surface area contributed by atoms with E-state index in [9.17, 15) is 5.11 Å². The van der Waals surface area contributed by atoms with E-state index in [1.165, 1.54) is 5.69 Å². The lowest BCUT2D eigenvalue weighted by molar-refractivity contribution is 0.0306. The average Bonchev–Trinajstić information content (AvgIpc) is 3.20. The third kappa shape index (κ3) is 2.46. The molecule has 4 rings (SSSR count). The van der Waals surface area contributed by atoms with Crippen LogP contribution in [0.25, 0.3) is 0 Å². The average molecular weight is 301 g/mol. The number of aliphatic hydroxyl groups excluding tert-OH is 1. The van der Waals surface area contributed by atoms with Crippen molar-refractivity contribution < 1.29 is 5.11 Å². The number of likely N-dealkylation sites (tertiary alicyclic amines) is 1. The first-order valence-corrected chi connectivity index (χ1v) is 8.07. The molecule has 1 N–H and O–H groups in total. The van der Waals surface area contributed by atoms with Gasteiger partial charge in [0.25, 0.3) is 0 Å². The van der Waals surface area contributed by atoms with E-state index in [-0.39, 0.29) is 12.1 Å². The van der Waals surface area contributed by atoms with Crippen molar-refractivity contribution in [1.29, 1.82) is 0 Å². The predicted octanol–water partition coefficient (Wildman–Crippen LogP) is 1.06. The Morgan fingerprint density at radius 2 is 2.00 bits per heavy atom. The lowest BCUT2D eigenvalue weighted by Crippen LogP contribution is -2.36. The van der Waals surface area contributed by atoms with Crippen molar-refractivity contribution >= 4 is 0 Å². The van der Waals surface area contributed by atoms with Gasteiger partial charge in [-0.25, -0.2) is 0 Å². The van der Waals surface area contributed by atoms with Gasteiger partial charge < -0.3 is 5.11 Å². The van der Waals surface area contributed by atoms with E-state index in [0.717, 1.165) is 32.5 Å². The van der Waals surface area contributed by atoms with Crippen LogP contribution in [0.15, 0.2) is 30.7 Å². The lowest BCUT2D eigenvalue weighted by Gasteiger charge is -2.35. The summed E-state index contributed by atoms with van der Waals surface area (Å²) in [7, 11) is 2.00. The van der Waals surface area contributed by atoms with Gasteiger partial charge in [-0.2, -0.15) is 10.2 Å². The summed E-state index contributed by atoms with van der Waals surface area (Å²) in [6, 6.07) is 4.15.